The molecule has 1 aromatic heterocycles. The fourth-order valence-corrected chi connectivity index (χ4v) is 6.46. The molecule has 0 bridgehead atoms. The smallest absolute Gasteiger partial charge is 0.261 e. The molecule has 144 valence electrons. The first-order chi connectivity index (χ1) is 13.0. The third kappa shape index (κ3) is 3.89. The van der Waals surface area contributed by atoms with E-state index >= 15 is 0 Å². The quantitative estimate of drug-likeness (QED) is 0.779. The third-order valence-corrected chi connectivity index (χ3v) is 8.30. The molecule has 0 spiro atoms. The van der Waals surface area contributed by atoms with Gasteiger partial charge in [0, 0.05) is 18.0 Å². The van der Waals surface area contributed by atoms with E-state index in [0.717, 1.165) is 30.5 Å². The SMILES string of the molecule is O=C(NCCS(=O)(=O)N1CCc2ccccc21)c1cc2c(s1)CCCCC2. The van der Waals surface area contributed by atoms with Gasteiger partial charge in [-0.15, -0.1) is 11.3 Å². The predicted molar refractivity (Wildman–Crippen MR) is 109 cm³/mol. The lowest BCUT2D eigenvalue weighted by Crippen LogP contribution is -2.36. The summed E-state index contributed by atoms with van der Waals surface area (Å²) in [6.45, 7) is 0.607. The van der Waals surface area contributed by atoms with Crippen LogP contribution >= 0.6 is 11.3 Å². The summed E-state index contributed by atoms with van der Waals surface area (Å²) in [6, 6.07) is 9.59. The minimum atomic E-state index is -3.44. The highest BCUT2D eigenvalue weighted by molar-refractivity contribution is 7.92. The number of amides is 1. The van der Waals surface area contributed by atoms with Gasteiger partial charge in [-0.2, -0.15) is 0 Å². The molecular weight excluding hydrogens is 380 g/mol. The van der Waals surface area contributed by atoms with Crippen molar-refractivity contribution in [1.82, 2.24) is 5.32 Å². The Morgan fingerprint density at radius 2 is 1.89 bits per heavy atom. The van der Waals surface area contributed by atoms with Gasteiger partial charge in [-0.1, -0.05) is 24.6 Å². The highest BCUT2D eigenvalue weighted by atomic mass is 32.2. The van der Waals surface area contributed by atoms with Crippen LogP contribution in [-0.4, -0.2) is 33.2 Å². The lowest BCUT2D eigenvalue weighted by atomic mass is 10.1. The molecule has 1 aliphatic heterocycles. The molecule has 4 rings (SSSR count). The molecule has 0 radical (unpaired) electrons. The number of nitrogens with zero attached hydrogens (tertiary/aromatic N) is 1. The Morgan fingerprint density at radius 1 is 1.07 bits per heavy atom. The van der Waals surface area contributed by atoms with Gasteiger partial charge >= 0.3 is 0 Å². The molecule has 2 aromatic rings. The number of rotatable bonds is 5. The van der Waals surface area contributed by atoms with E-state index < -0.39 is 10.0 Å². The maximum absolute atomic E-state index is 12.7. The van der Waals surface area contributed by atoms with Crippen molar-refractivity contribution in [1.29, 1.82) is 0 Å². The number of thiophene rings is 1. The van der Waals surface area contributed by atoms with Crippen LogP contribution in [0, 0.1) is 0 Å². The highest BCUT2D eigenvalue weighted by Gasteiger charge is 2.28. The van der Waals surface area contributed by atoms with Gasteiger partial charge in [0.25, 0.3) is 5.91 Å². The van der Waals surface area contributed by atoms with Crippen LogP contribution in [0.1, 0.15) is 44.9 Å². The maximum Gasteiger partial charge on any atom is 0.261 e. The number of benzene rings is 1. The minimum Gasteiger partial charge on any atom is -0.350 e. The van der Waals surface area contributed by atoms with Gasteiger partial charge in [-0.3, -0.25) is 9.10 Å². The van der Waals surface area contributed by atoms with Gasteiger partial charge in [0.15, 0.2) is 0 Å². The van der Waals surface area contributed by atoms with Crippen LogP contribution in [0.2, 0.25) is 0 Å². The number of carbonyl (C=O) groups excluding carboxylic acids is 1. The van der Waals surface area contributed by atoms with Crippen molar-refractivity contribution in [3.63, 3.8) is 0 Å². The van der Waals surface area contributed by atoms with E-state index in [1.54, 1.807) is 11.3 Å². The van der Waals surface area contributed by atoms with Crippen molar-refractivity contribution >= 4 is 33.0 Å². The number of hydrogen-bond donors (Lipinski definition) is 1. The number of carbonyl (C=O) groups is 1. The number of aryl methyl sites for hydroxylation is 2. The van der Waals surface area contributed by atoms with Crippen LogP contribution in [0.4, 0.5) is 5.69 Å². The number of anilines is 1. The largest absolute Gasteiger partial charge is 0.350 e. The molecule has 2 aliphatic rings. The first-order valence-electron chi connectivity index (χ1n) is 9.53. The second-order valence-electron chi connectivity index (χ2n) is 7.14. The molecule has 0 saturated carbocycles. The summed E-state index contributed by atoms with van der Waals surface area (Å²) in [5.74, 6) is -0.247. The van der Waals surface area contributed by atoms with Crippen molar-refractivity contribution in [2.45, 2.75) is 38.5 Å². The minimum absolute atomic E-state index is 0.0852. The molecule has 1 amide bonds. The fraction of sp³-hybridized carbons (Fsp3) is 0.450. The molecule has 1 aromatic carbocycles. The second-order valence-corrected chi connectivity index (χ2v) is 10.3. The normalized spacial score (nSPS) is 16.5. The Balaban J connectivity index is 1.36. The average molecular weight is 405 g/mol. The third-order valence-electron chi connectivity index (χ3n) is 5.30. The van der Waals surface area contributed by atoms with Crippen molar-refractivity contribution < 1.29 is 13.2 Å². The van der Waals surface area contributed by atoms with Gasteiger partial charge in [0.05, 0.1) is 16.3 Å². The van der Waals surface area contributed by atoms with Gasteiger partial charge in [0.1, 0.15) is 0 Å². The molecule has 2 heterocycles. The van der Waals surface area contributed by atoms with E-state index in [2.05, 4.69) is 5.32 Å². The molecule has 1 N–H and O–H groups in total. The van der Waals surface area contributed by atoms with Crippen LogP contribution < -0.4 is 9.62 Å². The molecule has 0 atom stereocenters. The molecule has 5 nitrogen and oxygen atoms in total. The lowest BCUT2D eigenvalue weighted by Gasteiger charge is -2.19. The zero-order valence-corrected chi connectivity index (χ0v) is 16.9. The van der Waals surface area contributed by atoms with Crippen molar-refractivity contribution in [2.75, 3.05) is 23.1 Å². The lowest BCUT2D eigenvalue weighted by molar-refractivity contribution is 0.0960. The standard InChI is InChI=1S/C20H24N2O3S2/c23-20(19-14-16-7-2-1-3-9-18(16)26-19)21-11-13-27(24,25)22-12-10-15-6-4-5-8-17(15)22/h4-6,8,14H,1-3,7,9-13H2,(H,21,23). The Bertz CT molecular complexity index is 926. The zero-order valence-electron chi connectivity index (χ0n) is 15.2. The van der Waals surface area contributed by atoms with Crippen LogP contribution in [0.25, 0.3) is 0 Å². The summed E-state index contributed by atoms with van der Waals surface area (Å²) in [5, 5.41) is 2.79. The number of fused-ring (bicyclic) bond motifs is 2. The zero-order chi connectivity index (χ0) is 18.9. The predicted octanol–water partition coefficient (Wildman–Crippen LogP) is 3.14. The van der Waals surface area contributed by atoms with E-state index in [-0.39, 0.29) is 18.2 Å². The molecule has 7 heteroatoms. The molecule has 0 saturated heterocycles. The summed E-state index contributed by atoms with van der Waals surface area (Å²) in [7, 11) is -3.44. The van der Waals surface area contributed by atoms with Gasteiger partial charge in [-0.05, 0) is 55.4 Å². The van der Waals surface area contributed by atoms with Crippen LogP contribution in [0.5, 0.6) is 0 Å². The molecule has 27 heavy (non-hydrogen) atoms. The van der Waals surface area contributed by atoms with E-state index in [9.17, 15) is 13.2 Å². The Labute approximate surface area is 164 Å². The van der Waals surface area contributed by atoms with Gasteiger partial charge < -0.3 is 5.32 Å². The Morgan fingerprint density at radius 3 is 2.78 bits per heavy atom. The Kier molecular flexibility index (Phi) is 5.23. The molecular formula is C20H24N2O3S2. The summed E-state index contributed by atoms with van der Waals surface area (Å²) in [4.78, 5) is 14.5. The summed E-state index contributed by atoms with van der Waals surface area (Å²) < 4.78 is 26.9. The first-order valence-corrected chi connectivity index (χ1v) is 12.0. The van der Waals surface area contributed by atoms with Crippen molar-refractivity contribution in [3.05, 3.63) is 51.2 Å². The number of para-hydroxylation sites is 1. The second kappa shape index (κ2) is 7.64. The fourth-order valence-electron chi connectivity index (χ4n) is 3.87. The first kappa shape index (κ1) is 18.5. The van der Waals surface area contributed by atoms with E-state index in [1.807, 2.05) is 30.3 Å². The van der Waals surface area contributed by atoms with Gasteiger partial charge in [0.2, 0.25) is 10.0 Å². The number of nitrogens with one attached hydrogen (secondary N) is 1. The van der Waals surface area contributed by atoms with Crippen molar-refractivity contribution in [3.8, 4) is 0 Å². The Hall–Kier alpha value is -1.86. The van der Waals surface area contributed by atoms with Crippen LogP contribution in [0.3, 0.4) is 0 Å². The van der Waals surface area contributed by atoms with E-state index in [1.165, 1.54) is 34.0 Å². The number of hydrogen-bond acceptors (Lipinski definition) is 4. The molecule has 0 fully saturated rings. The summed E-state index contributed by atoms with van der Waals surface area (Å²) in [5.41, 5.74) is 3.12. The van der Waals surface area contributed by atoms with Crippen LogP contribution in [0.15, 0.2) is 30.3 Å². The average Bonchev–Trinajstić information content (AvgIpc) is 3.21. The topological polar surface area (TPSA) is 66.5 Å². The molecule has 1 aliphatic carbocycles. The van der Waals surface area contributed by atoms with Crippen LogP contribution in [-0.2, 0) is 29.3 Å². The van der Waals surface area contributed by atoms with E-state index in [0.29, 0.717) is 11.4 Å². The number of sulfonamides is 1. The summed E-state index contributed by atoms with van der Waals surface area (Å²) >= 11 is 1.56. The van der Waals surface area contributed by atoms with Crippen molar-refractivity contribution in [2.24, 2.45) is 0 Å². The highest BCUT2D eigenvalue weighted by Crippen LogP contribution is 2.30. The monoisotopic (exact) mass is 404 g/mol. The van der Waals surface area contributed by atoms with E-state index in [4.69, 9.17) is 0 Å². The van der Waals surface area contributed by atoms with Gasteiger partial charge in [-0.25, -0.2) is 8.42 Å². The summed E-state index contributed by atoms with van der Waals surface area (Å²) in [6.07, 6.45) is 6.45. The molecule has 0 unspecified atom stereocenters. The maximum atomic E-state index is 12.7.